The third-order valence-electron chi connectivity index (χ3n) is 3.23. The highest BCUT2D eigenvalue weighted by atomic mass is 19.4. The Morgan fingerprint density at radius 2 is 2.19 bits per heavy atom. The Morgan fingerprint density at radius 1 is 1.48 bits per heavy atom. The third kappa shape index (κ3) is 7.52. The van der Waals surface area contributed by atoms with Crippen LogP contribution in [0.15, 0.2) is 4.99 Å². The van der Waals surface area contributed by atoms with Gasteiger partial charge in [0.1, 0.15) is 0 Å². The predicted molar refractivity (Wildman–Crippen MR) is 76.3 cm³/mol. The molecule has 5 nitrogen and oxygen atoms in total. The van der Waals surface area contributed by atoms with Crippen molar-refractivity contribution in [3.8, 4) is 0 Å². The molecule has 0 aromatic heterocycles. The lowest BCUT2D eigenvalue weighted by atomic mass is 10.2. The summed E-state index contributed by atoms with van der Waals surface area (Å²) in [5.41, 5.74) is 0. The van der Waals surface area contributed by atoms with E-state index < -0.39 is 12.7 Å². The second-order valence-electron chi connectivity index (χ2n) is 5.49. The van der Waals surface area contributed by atoms with Gasteiger partial charge in [0.05, 0.1) is 6.54 Å². The van der Waals surface area contributed by atoms with Gasteiger partial charge in [0, 0.05) is 38.8 Å². The minimum atomic E-state index is -4.15. The van der Waals surface area contributed by atoms with Gasteiger partial charge in [-0.1, -0.05) is 6.92 Å². The molecule has 8 heteroatoms. The number of hydrogen-bond donors (Lipinski definition) is 3. The molecular formula is C13H25F3N4O. The number of alkyl halides is 3. The van der Waals surface area contributed by atoms with E-state index in [9.17, 15) is 13.2 Å². The van der Waals surface area contributed by atoms with Crippen molar-refractivity contribution in [1.82, 2.24) is 15.5 Å². The van der Waals surface area contributed by atoms with E-state index in [0.717, 1.165) is 0 Å². The largest absolute Gasteiger partial charge is 0.401 e. The second-order valence-corrected chi connectivity index (χ2v) is 5.49. The van der Waals surface area contributed by atoms with Crippen LogP contribution < -0.4 is 10.6 Å². The Hall–Kier alpha value is -1.02. The Labute approximate surface area is 123 Å². The maximum atomic E-state index is 12.3. The summed E-state index contributed by atoms with van der Waals surface area (Å²) in [4.78, 5) is 5.74. The molecule has 0 saturated carbocycles. The molecular weight excluding hydrogens is 285 g/mol. The first kappa shape index (κ1) is 18.0. The quantitative estimate of drug-likeness (QED) is 0.502. The molecule has 1 saturated heterocycles. The van der Waals surface area contributed by atoms with Crippen LogP contribution >= 0.6 is 0 Å². The number of nitrogens with one attached hydrogen (secondary N) is 2. The van der Waals surface area contributed by atoms with Crippen LogP contribution in [0.2, 0.25) is 0 Å². The van der Waals surface area contributed by atoms with E-state index in [0.29, 0.717) is 38.6 Å². The predicted octanol–water partition coefficient (Wildman–Crippen LogP) is 0.807. The van der Waals surface area contributed by atoms with Crippen LogP contribution in [0.25, 0.3) is 0 Å². The lowest BCUT2D eigenvalue weighted by molar-refractivity contribution is -0.143. The van der Waals surface area contributed by atoms with Gasteiger partial charge in [0.2, 0.25) is 0 Å². The number of aliphatic imine (C=N–C) groups is 1. The highest BCUT2D eigenvalue weighted by Gasteiger charge is 2.34. The summed E-state index contributed by atoms with van der Waals surface area (Å²) in [5, 5.41) is 15.2. The molecule has 124 valence electrons. The van der Waals surface area contributed by atoms with E-state index in [1.807, 2.05) is 13.8 Å². The summed E-state index contributed by atoms with van der Waals surface area (Å²) in [7, 11) is 0. The minimum Gasteiger partial charge on any atom is -0.396 e. The van der Waals surface area contributed by atoms with Crippen LogP contribution in [0, 0.1) is 5.92 Å². The Morgan fingerprint density at radius 3 is 2.76 bits per heavy atom. The van der Waals surface area contributed by atoms with Gasteiger partial charge in [-0.25, -0.2) is 0 Å². The van der Waals surface area contributed by atoms with Gasteiger partial charge in [-0.2, -0.15) is 13.2 Å². The minimum absolute atomic E-state index is 0.0328. The fourth-order valence-electron chi connectivity index (χ4n) is 2.17. The zero-order chi connectivity index (χ0) is 15.9. The van der Waals surface area contributed by atoms with Crippen molar-refractivity contribution in [2.75, 3.05) is 39.3 Å². The average molecular weight is 310 g/mol. The maximum absolute atomic E-state index is 12.3. The summed E-state index contributed by atoms with van der Waals surface area (Å²) >= 11 is 0. The normalized spacial score (nSPS) is 22.4. The summed E-state index contributed by atoms with van der Waals surface area (Å²) in [5.74, 6) is 0.655. The molecule has 2 unspecified atom stereocenters. The first-order chi connectivity index (χ1) is 9.84. The van der Waals surface area contributed by atoms with Crippen LogP contribution in [0.5, 0.6) is 0 Å². The Balaban J connectivity index is 2.45. The number of hydrogen-bond acceptors (Lipinski definition) is 3. The van der Waals surface area contributed by atoms with Crippen molar-refractivity contribution in [2.45, 2.75) is 32.5 Å². The van der Waals surface area contributed by atoms with E-state index in [1.165, 1.54) is 4.90 Å². The molecule has 0 aliphatic carbocycles. The summed E-state index contributed by atoms with van der Waals surface area (Å²) in [6.45, 7) is 4.96. The molecule has 1 aliphatic heterocycles. The molecule has 0 aromatic carbocycles. The van der Waals surface area contributed by atoms with Crippen LogP contribution in [-0.2, 0) is 0 Å². The molecule has 1 aliphatic rings. The molecule has 0 aromatic rings. The van der Waals surface area contributed by atoms with Crippen molar-refractivity contribution >= 4 is 5.96 Å². The van der Waals surface area contributed by atoms with Crippen molar-refractivity contribution in [2.24, 2.45) is 10.9 Å². The standard InChI is InChI=1S/C13H25F3N4O/c1-3-17-12(18-6-10(2)8-21)19-11-4-5-20(7-11)9-13(14,15)16/h10-11,21H,3-9H2,1-2H3,(H2,17,18,19). The fourth-order valence-corrected chi connectivity index (χ4v) is 2.17. The number of halogens is 3. The SMILES string of the molecule is CCNC(=NCC(C)CO)NC1CCN(CC(F)(F)F)C1. The van der Waals surface area contributed by atoms with Crippen molar-refractivity contribution < 1.29 is 18.3 Å². The van der Waals surface area contributed by atoms with E-state index in [2.05, 4.69) is 15.6 Å². The van der Waals surface area contributed by atoms with Crippen molar-refractivity contribution in [1.29, 1.82) is 0 Å². The van der Waals surface area contributed by atoms with E-state index in [1.54, 1.807) is 0 Å². The van der Waals surface area contributed by atoms with Gasteiger partial charge in [-0.05, 0) is 19.3 Å². The fraction of sp³-hybridized carbons (Fsp3) is 0.923. The summed E-state index contributed by atoms with van der Waals surface area (Å²) < 4.78 is 37.0. The van der Waals surface area contributed by atoms with Gasteiger partial charge in [0.25, 0.3) is 0 Å². The number of aliphatic hydroxyl groups excluding tert-OH is 1. The van der Waals surface area contributed by atoms with E-state index in [4.69, 9.17) is 5.11 Å². The number of rotatable bonds is 6. The first-order valence-corrected chi connectivity index (χ1v) is 7.28. The molecule has 0 bridgehead atoms. The molecule has 3 N–H and O–H groups in total. The smallest absolute Gasteiger partial charge is 0.396 e. The Bertz CT molecular complexity index is 336. The molecule has 0 spiro atoms. The summed E-state index contributed by atoms with van der Waals surface area (Å²) in [6, 6.07) is -0.0328. The van der Waals surface area contributed by atoms with Crippen LogP contribution in [0.4, 0.5) is 13.2 Å². The lowest BCUT2D eigenvalue weighted by Gasteiger charge is -2.20. The number of likely N-dealkylation sites (tertiary alicyclic amines) is 1. The van der Waals surface area contributed by atoms with Crippen LogP contribution in [0.3, 0.4) is 0 Å². The van der Waals surface area contributed by atoms with Crippen LogP contribution in [-0.4, -0.2) is 67.5 Å². The van der Waals surface area contributed by atoms with Crippen molar-refractivity contribution in [3.63, 3.8) is 0 Å². The first-order valence-electron chi connectivity index (χ1n) is 7.28. The monoisotopic (exact) mass is 310 g/mol. The topological polar surface area (TPSA) is 59.9 Å². The van der Waals surface area contributed by atoms with Gasteiger partial charge >= 0.3 is 6.18 Å². The highest BCUT2D eigenvalue weighted by molar-refractivity contribution is 5.80. The number of aliphatic hydroxyl groups is 1. The van der Waals surface area contributed by atoms with E-state index in [-0.39, 0.29) is 18.6 Å². The molecule has 1 rings (SSSR count). The average Bonchev–Trinajstić information content (AvgIpc) is 2.80. The third-order valence-corrected chi connectivity index (χ3v) is 3.23. The number of nitrogens with zero attached hydrogens (tertiary/aromatic N) is 2. The van der Waals surface area contributed by atoms with Gasteiger partial charge in [-0.3, -0.25) is 9.89 Å². The summed E-state index contributed by atoms with van der Waals surface area (Å²) in [6.07, 6.45) is -3.49. The second kappa shape index (κ2) is 8.43. The van der Waals surface area contributed by atoms with Gasteiger partial charge in [0.15, 0.2) is 5.96 Å². The van der Waals surface area contributed by atoms with E-state index >= 15 is 0 Å². The Kier molecular flexibility index (Phi) is 7.24. The van der Waals surface area contributed by atoms with Crippen molar-refractivity contribution in [3.05, 3.63) is 0 Å². The zero-order valence-electron chi connectivity index (χ0n) is 12.6. The van der Waals surface area contributed by atoms with Gasteiger partial charge in [-0.15, -0.1) is 0 Å². The molecule has 1 heterocycles. The maximum Gasteiger partial charge on any atom is 0.401 e. The lowest BCUT2D eigenvalue weighted by Crippen LogP contribution is -2.45. The zero-order valence-corrected chi connectivity index (χ0v) is 12.6. The molecule has 1 fully saturated rings. The molecule has 2 atom stereocenters. The molecule has 0 amide bonds. The van der Waals surface area contributed by atoms with Gasteiger partial charge < -0.3 is 15.7 Å². The molecule has 0 radical (unpaired) electrons. The molecule has 21 heavy (non-hydrogen) atoms. The van der Waals surface area contributed by atoms with Crippen LogP contribution in [0.1, 0.15) is 20.3 Å². The highest BCUT2D eigenvalue weighted by Crippen LogP contribution is 2.19. The number of guanidine groups is 1.